The predicted molar refractivity (Wildman–Crippen MR) is 96.9 cm³/mol. The van der Waals surface area contributed by atoms with Crippen molar-refractivity contribution in [1.29, 1.82) is 0 Å². The lowest BCUT2D eigenvalue weighted by Gasteiger charge is -2.09. The normalized spacial score (nSPS) is 10.4. The summed E-state index contributed by atoms with van der Waals surface area (Å²) in [6.07, 6.45) is 2.04. The molecule has 1 N–H and O–H groups in total. The predicted octanol–water partition coefficient (Wildman–Crippen LogP) is 2.98. The molecule has 25 heavy (non-hydrogen) atoms. The molecule has 2 aromatic carbocycles. The molecular formula is C20H20N2O3. The van der Waals surface area contributed by atoms with Crippen LogP contribution in [0.3, 0.4) is 0 Å². The number of pyridine rings is 1. The van der Waals surface area contributed by atoms with Crippen molar-refractivity contribution in [3.05, 3.63) is 66.4 Å². The van der Waals surface area contributed by atoms with E-state index >= 15 is 0 Å². The van der Waals surface area contributed by atoms with Crippen LogP contribution in [-0.4, -0.2) is 31.2 Å². The van der Waals surface area contributed by atoms with Crippen molar-refractivity contribution in [2.24, 2.45) is 0 Å². The van der Waals surface area contributed by atoms with E-state index in [1.165, 1.54) is 0 Å². The molecule has 0 spiro atoms. The molecule has 0 unspecified atom stereocenters. The molecule has 0 aliphatic rings. The molecule has 0 saturated carbocycles. The van der Waals surface area contributed by atoms with Crippen molar-refractivity contribution in [2.45, 2.75) is 6.42 Å². The summed E-state index contributed by atoms with van der Waals surface area (Å²) in [6.45, 7) is 0.856. The van der Waals surface area contributed by atoms with Gasteiger partial charge in [0.2, 0.25) is 5.91 Å². The summed E-state index contributed by atoms with van der Waals surface area (Å²) in [5.41, 5.74) is 1.79. The average Bonchev–Trinajstić information content (AvgIpc) is 2.66. The number of carbonyl (C=O) groups excluding carboxylic acids is 1. The monoisotopic (exact) mass is 336 g/mol. The summed E-state index contributed by atoms with van der Waals surface area (Å²) >= 11 is 0. The number of hydrogen-bond acceptors (Lipinski definition) is 4. The Morgan fingerprint density at radius 1 is 1.04 bits per heavy atom. The van der Waals surface area contributed by atoms with Crippen LogP contribution in [0.1, 0.15) is 5.56 Å². The molecule has 128 valence electrons. The highest BCUT2D eigenvalue weighted by molar-refractivity contribution is 5.87. The number of ether oxygens (including phenoxy) is 2. The number of para-hydroxylation sites is 1. The van der Waals surface area contributed by atoms with Crippen LogP contribution < -0.4 is 14.8 Å². The highest BCUT2D eigenvalue weighted by Crippen LogP contribution is 2.17. The molecule has 3 aromatic rings. The Bertz CT molecular complexity index is 842. The van der Waals surface area contributed by atoms with Crippen molar-refractivity contribution in [3.8, 4) is 11.5 Å². The van der Waals surface area contributed by atoms with Gasteiger partial charge in [-0.3, -0.25) is 9.78 Å². The first-order chi connectivity index (χ1) is 12.3. The summed E-state index contributed by atoms with van der Waals surface area (Å²) in [5, 5.41) is 3.91. The zero-order chi connectivity index (χ0) is 17.5. The molecule has 0 aliphatic carbocycles. The molecule has 0 aliphatic heterocycles. The maximum absolute atomic E-state index is 12.1. The maximum Gasteiger partial charge on any atom is 0.224 e. The molecule has 5 heteroatoms. The maximum atomic E-state index is 12.1. The zero-order valence-electron chi connectivity index (χ0n) is 14.1. The topological polar surface area (TPSA) is 60.5 Å². The van der Waals surface area contributed by atoms with E-state index < -0.39 is 0 Å². The van der Waals surface area contributed by atoms with Crippen LogP contribution in [0.5, 0.6) is 11.5 Å². The highest BCUT2D eigenvalue weighted by Gasteiger charge is 2.07. The number of nitrogens with zero attached hydrogens (tertiary/aromatic N) is 1. The van der Waals surface area contributed by atoms with Gasteiger partial charge in [-0.25, -0.2) is 0 Å². The lowest BCUT2D eigenvalue weighted by atomic mass is 10.1. The quantitative estimate of drug-likeness (QED) is 0.674. The van der Waals surface area contributed by atoms with Gasteiger partial charge in [-0.2, -0.15) is 0 Å². The second kappa shape index (κ2) is 8.15. The molecule has 0 radical (unpaired) electrons. The molecule has 1 aromatic heterocycles. The number of amides is 1. The number of rotatable bonds is 7. The minimum absolute atomic E-state index is 0.0449. The second-order valence-corrected chi connectivity index (χ2v) is 5.54. The van der Waals surface area contributed by atoms with Gasteiger partial charge in [0, 0.05) is 11.6 Å². The SMILES string of the molecule is COc1ccc(OCCNC(=O)Cc2cccc3cccnc23)cc1. The highest BCUT2D eigenvalue weighted by atomic mass is 16.5. The Balaban J connectivity index is 1.47. The van der Waals surface area contributed by atoms with Gasteiger partial charge in [-0.15, -0.1) is 0 Å². The number of benzene rings is 2. The third kappa shape index (κ3) is 4.47. The number of nitrogens with one attached hydrogen (secondary N) is 1. The number of carbonyl (C=O) groups is 1. The molecule has 0 fully saturated rings. The molecule has 0 atom stereocenters. The van der Waals surface area contributed by atoms with E-state index in [1.54, 1.807) is 13.3 Å². The second-order valence-electron chi connectivity index (χ2n) is 5.54. The smallest absolute Gasteiger partial charge is 0.224 e. The van der Waals surface area contributed by atoms with Gasteiger partial charge in [0.15, 0.2) is 0 Å². The van der Waals surface area contributed by atoms with Crippen LogP contribution >= 0.6 is 0 Å². The first kappa shape index (κ1) is 16.8. The van der Waals surface area contributed by atoms with Gasteiger partial charge >= 0.3 is 0 Å². The van der Waals surface area contributed by atoms with Crippen molar-refractivity contribution in [3.63, 3.8) is 0 Å². The van der Waals surface area contributed by atoms with E-state index in [0.29, 0.717) is 19.6 Å². The fraction of sp³-hybridized carbons (Fsp3) is 0.200. The van der Waals surface area contributed by atoms with Crippen molar-refractivity contribution in [1.82, 2.24) is 10.3 Å². The lowest BCUT2D eigenvalue weighted by Crippen LogP contribution is -2.29. The van der Waals surface area contributed by atoms with E-state index in [0.717, 1.165) is 28.0 Å². The van der Waals surface area contributed by atoms with Crippen molar-refractivity contribution < 1.29 is 14.3 Å². The summed E-state index contributed by atoms with van der Waals surface area (Å²) in [5.74, 6) is 1.48. The van der Waals surface area contributed by atoms with Gasteiger partial charge in [-0.05, 0) is 35.9 Å². The zero-order valence-corrected chi connectivity index (χ0v) is 14.1. The third-order valence-corrected chi connectivity index (χ3v) is 3.82. The Labute approximate surface area is 146 Å². The summed E-state index contributed by atoms with van der Waals surface area (Å²) in [7, 11) is 1.62. The van der Waals surface area contributed by atoms with Gasteiger partial charge in [0.05, 0.1) is 25.6 Å². The molecule has 1 heterocycles. The van der Waals surface area contributed by atoms with Gasteiger partial charge < -0.3 is 14.8 Å². The van der Waals surface area contributed by atoms with Crippen LogP contribution in [0.4, 0.5) is 0 Å². The Morgan fingerprint density at radius 2 is 1.80 bits per heavy atom. The third-order valence-electron chi connectivity index (χ3n) is 3.82. The van der Waals surface area contributed by atoms with E-state index in [4.69, 9.17) is 9.47 Å². The first-order valence-electron chi connectivity index (χ1n) is 8.12. The van der Waals surface area contributed by atoms with Crippen LogP contribution in [-0.2, 0) is 11.2 Å². The summed E-state index contributed by atoms with van der Waals surface area (Å²) in [4.78, 5) is 16.5. The van der Waals surface area contributed by atoms with E-state index in [9.17, 15) is 4.79 Å². The molecular weight excluding hydrogens is 316 g/mol. The van der Waals surface area contributed by atoms with Crippen molar-refractivity contribution >= 4 is 16.8 Å². The largest absolute Gasteiger partial charge is 0.497 e. The summed E-state index contributed by atoms with van der Waals surface area (Å²) < 4.78 is 10.7. The molecule has 3 rings (SSSR count). The number of fused-ring (bicyclic) bond motifs is 1. The van der Waals surface area contributed by atoms with Crippen LogP contribution in [0.25, 0.3) is 10.9 Å². The van der Waals surface area contributed by atoms with E-state index in [1.807, 2.05) is 54.6 Å². The average molecular weight is 336 g/mol. The van der Waals surface area contributed by atoms with Gasteiger partial charge in [0.1, 0.15) is 18.1 Å². The lowest BCUT2D eigenvalue weighted by molar-refractivity contribution is -0.120. The first-order valence-corrected chi connectivity index (χ1v) is 8.12. The Hall–Kier alpha value is -3.08. The standard InChI is InChI=1S/C20H20N2O3/c1-24-17-7-9-18(10-8-17)25-13-12-21-19(23)14-16-5-2-4-15-6-3-11-22-20(15)16/h2-11H,12-14H2,1H3,(H,21,23). The minimum atomic E-state index is -0.0449. The van der Waals surface area contributed by atoms with Crippen LogP contribution in [0, 0.1) is 0 Å². The summed E-state index contributed by atoms with van der Waals surface area (Å²) in [6, 6.07) is 17.1. The Kier molecular flexibility index (Phi) is 5.46. The molecule has 1 amide bonds. The Morgan fingerprint density at radius 3 is 2.60 bits per heavy atom. The van der Waals surface area contributed by atoms with Crippen molar-refractivity contribution in [2.75, 3.05) is 20.3 Å². The van der Waals surface area contributed by atoms with Gasteiger partial charge in [0.25, 0.3) is 0 Å². The molecule has 0 saturated heterocycles. The fourth-order valence-corrected chi connectivity index (χ4v) is 2.58. The van der Waals surface area contributed by atoms with Gasteiger partial charge in [-0.1, -0.05) is 24.3 Å². The number of hydrogen-bond donors (Lipinski definition) is 1. The number of methoxy groups -OCH3 is 1. The molecule has 0 bridgehead atoms. The number of aromatic nitrogens is 1. The minimum Gasteiger partial charge on any atom is -0.497 e. The molecule has 5 nitrogen and oxygen atoms in total. The van der Waals surface area contributed by atoms with Crippen LogP contribution in [0.2, 0.25) is 0 Å². The van der Waals surface area contributed by atoms with E-state index in [-0.39, 0.29) is 5.91 Å². The van der Waals surface area contributed by atoms with Crippen LogP contribution in [0.15, 0.2) is 60.8 Å². The fourth-order valence-electron chi connectivity index (χ4n) is 2.58. The van der Waals surface area contributed by atoms with E-state index in [2.05, 4.69) is 10.3 Å².